The monoisotopic (exact) mass is 292 g/mol. The van der Waals surface area contributed by atoms with E-state index in [1.165, 1.54) is 0 Å². The molecule has 0 aliphatic rings. The molecule has 0 amide bonds. The van der Waals surface area contributed by atoms with Gasteiger partial charge in [-0.15, -0.1) is 0 Å². The normalized spacial score (nSPS) is 10.0. The summed E-state index contributed by atoms with van der Waals surface area (Å²) in [6.45, 7) is 1.80. The minimum Gasteiger partial charge on any atom is -0.387 e. The van der Waals surface area contributed by atoms with Crippen LogP contribution < -0.4 is 4.74 Å². The van der Waals surface area contributed by atoms with Gasteiger partial charge in [-0.3, -0.25) is 0 Å². The number of hydrogen-bond acceptors (Lipinski definition) is 4. The number of carbonyl (C=O) groups is 1. The van der Waals surface area contributed by atoms with Crippen molar-refractivity contribution in [2.45, 2.75) is 6.92 Å². The lowest BCUT2D eigenvalue weighted by Crippen LogP contribution is -2.10. The highest BCUT2D eigenvalue weighted by Gasteiger charge is 2.10. The Balaban J connectivity index is 2.17. The lowest BCUT2D eigenvalue weighted by molar-refractivity contribution is 0.0719. The molecule has 0 N–H and O–H groups in total. The molecule has 0 bridgehead atoms. The predicted molar refractivity (Wildman–Crippen MR) is 65.9 cm³/mol. The first-order chi connectivity index (χ1) is 8.15. The van der Waals surface area contributed by atoms with Crippen LogP contribution in [0.5, 0.6) is 6.01 Å². The van der Waals surface area contributed by atoms with Gasteiger partial charge in [-0.05, 0) is 31.2 Å². The summed E-state index contributed by atoms with van der Waals surface area (Å²) in [6.07, 6.45) is 1.55. The largest absolute Gasteiger partial charge is 0.387 e. The van der Waals surface area contributed by atoms with E-state index in [0.29, 0.717) is 5.56 Å². The number of aryl methyl sites for hydroxylation is 1. The topological polar surface area (TPSA) is 52.1 Å². The first kappa shape index (κ1) is 11.7. The molecule has 1 aromatic heterocycles. The maximum Gasteiger partial charge on any atom is 0.345 e. The molecule has 4 nitrogen and oxygen atoms in total. The molecule has 86 valence electrons. The molecule has 1 heterocycles. The SMILES string of the molecule is Cc1ccnc(OC(=O)c2cccc(Br)c2)n1. The van der Waals surface area contributed by atoms with Gasteiger partial charge in [0.2, 0.25) is 0 Å². The third kappa shape index (κ3) is 3.10. The Kier molecular flexibility index (Phi) is 3.49. The molecule has 0 unspecified atom stereocenters. The average Bonchev–Trinajstić information content (AvgIpc) is 2.29. The highest BCUT2D eigenvalue weighted by atomic mass is 79.9. The van der Waals surface area contributed by atoms with Crippen molar-refractivity contribution >= 4 is 21.9 Å². The molecule has 5 heteroatoms. The van der Waals surface area contributed by atoms with Crippen LogP contribution in [0.4, 0.5) is 0 Å². The van der Waals surface area contributed by atoms with Gasteiger partial charge in [0.05, 0.1) is 5.56 Å². The number of halogens is 1. The third-order valence-corrected chi connectivity index (χ3v) is 2.51. The van der Waals surface area contributed by atoms with Crippen LogP contribution in [-0.4, -0.2) is 15.9 Å². The van der Waals surface area contributed by atoms with Crippen molar-refractivity contribution in [2.75, 3.05) is 0 Å². The second kappa shape index (κ2) is 5.05. The number of nitrogens with zero attached hydrogens (tertiary/aromatic N) is 2. The number of esters is 1. The number of aromatic nitrogens is 2. The first-order valence-electron chi connectivity index (χ1n) is 4.92. The van der Waals surface area contributed by atoms with Gasteiger partial charge in [-0.1, -0.05) is 22.0 Å². The van der Waals surface area contributed by atoms with Gasteiger partial charge in [0.15, 0.2) is 0 Å². The van der Waals surface area contributed by atoms with Gasteiger partial charge < -0.3 is 4.74 Å². The summed E-state index contributed by atoms with van der Waals surface area (Å²) in [5, 5.41) is 0. The van der Waals surface area contributed by atoms with Crippen LogP contribution in [0.1, 0.15) is 16.1 Å². The Morgan fingerprint density at radius 2 is 2.18 bits per heavy atom. The van der Waals surface area contributed by atoms with Crippen LogP contribution in [-0.2, 0) is 0 Å². The number of hydrogen-bond donors (Lipinski definition) is 0. The summed E-state index contributed by atoms with van der Waals surface area (Å²) in [7, 11) is 0. The fraction of sp³-hybridized carbons (Fsp3) is 0.0833. The van der Waals surface area contributed by atoms with Crippen molar-refractivity contribution in [3.8, 4) is 6.01 Å². The van der Waals surface area contributed by atoms with Gasteiger partial charge in [0.1, 0.15) is 0 Å². The number of ether oxygens (including phenoxy) is 1. The molecule has 0 saturated carbocycles. The quantitative estimate of drug-likeness (QED) is 0.799. The molecular formula is C12H9BrN2O2. The lowest BCUT2D eigenvalue weighted by Gasteiger charge is -2.03. The van der Waals surface area contributed by atoms with Crippen molar-refractivity contribution in [2.24, 2.45) is 0 Å². The van der Waals surface area contributed by atoms with Gasteiger partial charge >= 0.3 is 12.0 Å². The van der Waals surface area contributed by atoms with Crippen LogP contribution in [0, 0.1) is 6.92 Å². The predicted octanol–water partition coefficient (Wildman–Crippen LogP) is 2.77. The molecule has 0 aliphatic carbocycles. The van der Waals surface area contributed by atoms with Crippen LogP contribution >= 0.6 is 15.9 Å². The second-order valence-corrected chi connectivity index (χ2v) is 4.30. The van der Waals surface area contributed by atoms with Crippen molar-refractivity contribution in [3.05, 3.63) is 52.3 Å². The zero-order valence-electron chi connectivity index (χ0n) is 9.05. The molecule has 0 fully saturated rings. The maximum absolute atomic E-state index is 11.8. The van der Waals surface area contributed by atoms with E-state index < -0.39 is 5.97 Å². The summed E-state index contributed by atoms with van der Waals surface area (Å²) in [5.74, 6) is -0.475. The highest BCUT2D eigenvalue weighted by molar-refractivity contribution is 9.10. The Morgan fingerprint density at radius 1 is 1.35 bits per heavy atom. The van der Waals surface area contributed by atoms with Gasteiger partial charge in [-0.2, -0.15) is 0 Å². The molecule has 1 aromatic carbocycles. The fourth-order valence-corrected chi connectivity index (χ4v) is 1.63. The van der Waals surface area contributed by atoms with E-state index in [1.54, 1.807) is 37.4 Å². The van der Waals surface area contributed by atoms with Crippen molar-refractivity contribution < 1.29 is 9.53 Å². The summed E-state index contributed by atoms with van der Waals surface area (Å²) >= 11 is 3.29. The summed E-state index contributed by atoms with van der Waals surface area (Å²) in [6, 6.07) is 8.74. The third-order valence-electron chi connectivity index (χ3n) is 2.02. The van der Waals surface area contributed by atoms with E-state index in [-0.39, 0.29) is 6.01 Å². The zero-order chi connectivity index (χ0) is 12.3. The minimum absolute atomic E-state index is 0.0648. The number of benzene rings is 1. The van der Waals surface area contributed by atoms with E-state index in [1.807, 2.05) is 6.07 Å². The van der Waals surface area contributed by atoms with Gasteiger partial charge in [0, 0.05) is 16.4 Å². The minimum atomic E-state index is -0.475. The fourth-order valence-electron chi connectivity index (χ4n) is 1.23. The van der Waals surface area contributed by atoms with E-state index in [0.717, 1.165) is 10.2 Å². The Labute approximate surface area is 107 Å². The summed E-state index contributed by atoms with van der Waals surface area (Å²) < 4.78 is 5.87. The smallest absolute Gasteiger partial charge is 0.345 e. The van der Waals surface area contributed by atoms with E-state index >= 15 is 0 Å². The van der Waals surface area contributed by atoms with Crippen LogP contribution in [0.2, 0.25) is 0 Å². The zero-order valence-corrected chi connectivity index (χ0v) is 10.6. The number of carbonyl (C=O) groups excluding carboxylic acids is 1. The number of rotatable bonds is 2. The lowest BCUT2D eigenvalue weighted by atomic mass is 10.2. The maximum atomic E-state index is 11.8. The van der Waals surface area contributed by atoms with Crippen LogP contribution in [0.15, 0.2) is 41.0 Å². The Bertz CT molecular complexity index is 558. The molecule has 0 atom stereocenters. The standard InChI is InChI=1S/C12H9BrN2O2/c1-8-5-6-14-12(15-8)17-11(16)9-3-2-4-10(13)7-9/h2-7H,1H3. The van der Waals surface area contributed by atoms with E-state index in [4.69, 9.17) is 4.74 Å². The molecule has 0 radical (unpaired) electrons. The van der Waals surface area contributed by atoms with Gasteiger partial charge in [-0.25, -0.2) is 14.8 Å². The van der Waals surface area contributed by atoms with Crippen molar-refractivity contribution in [1.82, 2.24) is 9.97 Å². The van der Waals surface area contributed by atoms with Crippen LogP contribution in [0.3, 0.4) is 0 Å². The second-order valence-electron chi connectivity index (χ2n) is 3.38. The Hall–Kier alpha value is -1.75. The van der Waals surface area contributed by atoms with Crippen molar-refractivity contribution in [3.63, 3.8) is 0 Å². The Morgan fingerprint density at radius 3 is 2.88 bits per heavy atom. The highest BCUT2D eigenvalue weighted by Crippen LogP contribution is 2.13. The summed E-state index contributed by atoms with van der Waals surface area (Å²) in [4.78, 5) is 19.6. The molecular weight excluding hydrogens is 284 g/mol. The van der Waals surface area contributed by atoms with E-state index in [9.17, 15) is 4.79 Å². The van der Waals surface area contributed by atoms with Crippen molar-refractivity contribution in [1.29, 1.82) is 0 Å². The summed E-state index contributed by atoms with van der Waals surface area (Å²) in [5.41, 5.74) is 1.20. The molecule has 2 aromatic rings. The molecule has 17 heavy (non-hydrogen) atoms. The first-order valence-corrected chi connectivity index (χ1v) is 5.72. The average molecular weight is 293 g/mol. The van der Waals surface area contributed by atoms with Crippen LogP contribution in [0.25, 0.3) is 0 Å². The molecule has 0 saturated heterocycles. The molecule has 2 rings (SSSR count). The van der Waals surface area contributed by atoms with E-state index in [2.05, 4.69) is 25.9 Å². The molecule has 0 aliphatic heterocycles. The van der Waals surface area contributed by atoms with Gasteiger partial charge in [0.25, 0.3) is 0 Å². The molecule has 0 spiro atoms.